The van der Waals surface area contributed by atoms with Gasteiger partial charge in [0.2, 0.25) is 0 Å². The average Bonchev–Trinajstić information content (AvgIpc) is 3.29. The minimum atomic E-state index is 0.107. The highest BCUT2D eigenvalue weighted by atomic mass is 16.5. The Morgan fingerprint density at radius 3 is 2.57 bits per heavy atom. The molecule has 160 valence electrons. The Morgan fingerprint density at radius 1 is 1.10 bits per heavy atom. The van der Waals surface area contributed by atoms with E-state index in [0.717, 1.165) is 64.0 Å². The maximum atomic E-state index is 13.2. The van der Waals surface area contributed by atoms with E-state index in [1.54, 1.807) is 12.4 Å². The summed E-state index contributed by atoms with van der Waals surface area (Å²) in [7, 11) is 0. The van der Waals surface area contributed by atoms with Crippen LogP contribution in [0.5, 0.6) is 0 Å². The Bertz CT molecular complexity index is 812. The number of nitrogens with zero attached hydrogens (tertiary/aromatic N) is 3. The quantitative estimate of drug-likeness (QED) is 0.698. The number of aromatic nitrogens is 1. The van der Waals surface area contributed by atoms with E-state index in [2.05, 4.69) is 41.1 Å². The van der Waals surface area contributed by atoms with Crippen LogP contribution in [0, 0.1) is 12.8 Å². The first-order valence-corrected chi connectivity index (χ1v) is 11.3. The number of amides is 1. The summed E-state index contributed by atoms with van der Waals surface area (Å²) in [6.07, 6.45) is 7.99. The topological polar surface area (TPSA) is 45.7 Å². The number of piperidine rings is 1. The third-order valence-corrected chi connectivity index (χ3v) is 6.50. The molecule has 5 nitrogen and oxygen atoms in total. The van der Waals surface area contributed by atoms with Crippen molar-refractivity contribution in [2.45, 2.75) is 45.3 Å². The van der Waals surface area contributed by atoms with E-state index in [-0.39, 0.29) is 12.0 Å². The molecule has 4 rings (SSSR count). The third kappa shape index (κ3) is 5.46. The molecule has 30 heavy (non-hydrogen) atoms. The fourth-order valence-electron chi connectivity index (χ4n) is 4.62. The van der Waals surface area contributed by atoms with Crippen LogP contribution in [-0.4, -0.2) is 59.6 Å². The zero-order valence-electron chi connectivity index (χ0n) is 18.0. The van der Waals surface area contributed by atoms with Crippen LogP contribution in [0.25, 0.3) is 0 Å². The summed E-state index contributed by atoms with van der Waals surface area (Å²) in [6, 6.07) is 12.3. The number of carbonyl (C=O) groups is 1. The summed E-state index contributed by atoms with van der Waals surface area (Å²) < 4.78 is 5.84. The van der Waals surface area contributed by atoms with Gasteiger partial charge in [-0.05, 0) is 74.9 Å². The first-order valence-electron chi connectivity index (χ1n) is 11.3. The van der Waals surface area contributed by atoms with Gasteiger partial charge in [-0.3, -0.25) is 14.7 Å². The summed E-state index contributed by atoms with van der Waals surface area (Å²) in [6.45, 7) is 7.74. The summed E-state index contributed by atoms with van der Waals surface area (Å²) in [5.41, 5.74) is 3.51. The van der Waals surface area contributed by atoms with Crippen LogP contribution in [0.1, 0.15) is 47.2 Å². The van der Waals surface area contributed by atoms with Crippen molar-refractivity contribution in [3.8, 4) is 0 Å². The number of benzene rings is 1. The number of aryl methyl sites for hydroxylation is 1. The smallest absolute Gasteiger partial charge is 0.254 e. The Morgan fingerprint density at radius 2 is 1.87 bits per heavy atom. The highest BCUT2D eigenvalue weighted by Gasteiger charge is 2.28. The van der Waals surface area contributed by atoms with E-state index in [1.165, 1.54) is 11.1 Å². The molecule has 0 spiro atoms. The van der Waals surface area contributed by atoms with Crippen molar-refractivity contribution >= 4 is 5.91 Å². The van der Waals surface area contributed by atoms with Gasteiger partial charge in [0.1, 0.15) is 0 Å². The molecule has 0 bridgehead atoms. The molecule has 1 amide bonds. The van der Waals surface area contributed by atoms with Crippen molar-refractivity contribution in [2.75, 3.05) is 32.8 Å². The predicted octanol–water partition coefficient (Wildman–Crippen LogP) is 3.92. The highest BCUT2D eigenvalue weighted by molar-refractivity contribution is 5.94. The van der Waals surface area contributed by atoms with Gasteiger partial charge in [0.15, 0.2) is 0 Å². The van der Waals surface area contributed by atoms with Crippen LogP contribution in [0.15, 0.2) is 48.8 Å². The van der Waals surface area contributed by atoms with Crippen LogP contribution in [0.3, 0.4) is 0 Å². The minimum Gasteiger partial charge on any atom is -0.376 e. The van der Waals surface area contributed by atoms with E-state index in [4.69, 9.17) is 4.74 Å². The van der Waals surface area contributed by atoms with Gasteiger partial charge >= 0.3 is 0 Å². The Kier molecular flexibility index (Phi) is 7.13. The molecule has 3 heterocycles. The highest BCUT2D eigenvalue weighted by Crippen LogP contribution is 2.23. The number of pyridine rings is 1. The monoisotopic (exact) mass is 407 g/mol. The summed E-state index contributed by atoms with van der Waals surface area (Å²) in [5, 5.41) is 0. The van der Waals surface area contributed by atoms with Crippen molar-refractivity contribution < 1.29 is 9.53 Å². The summed E-state index contributed by atoms with van der Waals surface area (Å²) in [4.78, 5) is 21.8. The van der Waals surface area contributed by atoms with Crippen LogP contribution in [0.4, 0.5) is 0 Å². The fourth-order valence-corrected chi connectivity index (χ4v) is 4.62. The van der Waals surface area contributed by atoms with Crippen molar-refractivity contribution in [2.24, 2.45) is 5.92 Å². The van der Waals surface area contributed by atoms with Gasteiger partial charge < -0.3 is 9.64 Å². The second-order valence-electron chi connectivity index (χ2n) is 8.73. The lowest BCUT2D eigenvalue weighted by atomic mass is 9.95. The fraction of sp³-hybridized carbons (Fsp3) is 0.520. The molecule has 1 aromatic heterocycles. The van der Waals surface area contributed by atoms with E-state index in [1.807, 2.05) is 17.0 Å². The van der Waals surface area contributed by atoms with E-state index in [0.29, 0.717) is 12.5 Å². The molecule has 5 heteroatoms. The number of carbonyl (C=O) groups excluding carboxylic acids is 1. The Labute approximate surface area is 180 Å². The molecule has 1 atom stereocenters. The molecule has 1 aromatic carbocycles. The molecule has 2 saturated heterocycles. The SMILES string of the molecule is Cc1ccccc1CN1CCC(CN(C[C@H]2CCCO2)C(=O)c2ccncc2)CC1. The zero-order chi connectivity index (χ0) is 20.8. The van der Waals surface area contributed by atoms with Crippen LogP contribution in [-0.2, 0) is 11.3 Å². The molecule has 0 aliphatic carbocycles. The van der Waals surface area contributed by atoms with Crippen LogP contribution < -0.4 is 0 Å². The van der Waals surface area contributed by atoms with Gasteiger partial charge in [-0.25, -0.2) is 0 Å². The summed E-state index contributed by atoms with van der Waals surface area (Å²) in [5.74, 6) is 0.653. The van der Waals surface area contributed by atoms with Gasteiger partial charge in [0, 0.05) is 44.2 Å². The number of rotatable bonds is 7. The number of likely N-dealkylation sites (tertiary alicyclic amines) is 1. The average molecular weight is 408 g/mol. The molecule has 2 fully saturated rings. The normalized spacial score (nSPS) is 20.4. The molecule has 0 saturated carbocycles. The van der Waals surface area contributed by atoms with Crippen LogP contribution in [0.2, 0.25) is 0 Å². The van der Waals surface area contributed by atoms with Crippen molar-refractivity contribution in [1.82, 2.24) is 14.8 Å². The number of hydrogen-bond acceptors (Lipinski definition) is 4. The molecule has 0 N–H and O–H groups in total. The zero-order valence-corrected chi connectivity index (χ0v) is 18.0. The standard InChI is InChI=1S/C25H33N3O2/c1-20-5-2-3-6-23(20)18-27-14-10-21(11-15-27)17-28(19-24-7-4-16-30-24)25(29)22-8-12-26-13-9-22/h2-3,5-6,8-9,12-13,21,24H,4,7,10-11,14-19H2,1H3/t24-/m1/s1. The van der Waals surface area contributed by atoms with Crippen molar-refractivity contribution in [3.05, 3.63) is 65.5 Å². The lowest BCUT2D eigenvalue weighted by Crippen LogP contribution is -2.43. The maximum absolute atomic E-state index is 13.2. The second kappa shape index (κ2) is 10.2. The van der Waals surface area contributed by atoms with E-state index in [9.17, 15) is 4.79 Å². The first-order chi connectivity index (χ1) is 14.7. The molecular formula is C25H33N3O2. The first kappa shape index (κ1) is 21.0. The second-order valence-corrected chi connectivity index (χ2v) is 8.73. The number of ether oxygens (including phenoxy) is 1. The molecule has 2 aliphatic rings. The largest absolute Gasteiger partial charge is 0.376 e. The lowest BCUT2D eigenvalue weighted by molar-refractivity contribution is 0.0444. The maximum Gasteiger partial charge on any atom is 0.254 e. The van der Waals surface area contributed by atoms with E-state index < -0.39 is 0 Å². The lowest BCUT2D eigenvalue weighted by Gasteiger charge is -2.36. The van der Waals surface area contributed by atoms with Crippen molar-refractivity contribution in [1.29, 1.82) is 0 Å². The van der Waals surface area contributed by atoms with Crippen LogP contribution >= 0.6 is 0 Å². The molecular weight excluding hydrogens is 374 g/mol. The summed E-state index contributed by atoms with van der Waals surface area (Å²) >= 11 is 0. The van der Waals surface area contributed by atoms with Crippen molar-refractivity contribution in [3.63, 3.8) is 0 Å². The predicted molar refractivity (Wildman–Crippen MR) is 118 cm³/mol. The van der Waals surface area contributed by atoms with Gasteiger partial charge in [-0.15, -0.1) is 0 Å². The molecule has 2 aromatic rings. The third-order valence-electron chi connectivity index (χ3n) is 6.50. The van der Waals surface area contributed by atoms with Gasteiger partial charge in [-0.1, -0.05) is 24.3 Å². The molecule has 0 unspecified atom stereocenters. The molecule has 0 radical (unpaired) electrons. The Balaban J connectivity index is 1.35. The van der Waals surface area contributed by atoms with Gasteiger partial charge in [-0.2, -0.15) is 0 Å². The minimum absolute atomic E-state index is 0.107. The van der Waals surface area contributed by atoms with Gasteiger partial charge in [0.05, 0.1) is 6.10 Å². The molecule has 2 aliphatic heterocycles. The van der Waals surface area contributed by atoms with E-state index >= 15 is 0 Å². The number of hydrogen-bond donors (Lipinski definition) is 0. The van der Waals surface area contributed by atoms with Gasteiger partial charge in [0.25, 0.3) is 5.91 Å². The Hall–Kier alpha value is -2.24.